The van der Waals surface area contributed by atoms with Crippen LogP contribution in [-0.4, -0.2) is 10.4 Å². The predicted octanol–water partition coefficient (Wildman–Crippen LogP) is 3.02. The van der Waals surface area contributed by atoms with E-state index in [0.717, 1.165) is 5.39 Å². The number of Topliss-reactive ketones (excluding diaryl/α,β-unsaturated/α-hetero) is 1. The van der Waals surface area contributed by atoms with Gasteiger partial charge in [-0.3, -0.25) is 9.59 Å². The summed E-state index contributed by atoms with van der Waals surface area (Å²) in [6, 6.07) is 14.7. The van der Waals surface area contributed by atoms with Crippen LogP contribution in [0.1, 0.15) is 10.4 Å². The highest BCUT2D eigenvalue weighted by Crippen LogP contribution is 2.10. The third-order valence-corrected chi connectivity index (χ3v) is 3.37. The molecule has 104 valence electrons. The molecule has 0 N–H and O–H groups in total. The number of halogens is 1. The Bertz CT molecular complexity index is 883. The summed E-state index contributed by atoms with van der Waals surface area (Å²) in [5.74, 6) is -0.998. The lowest BCUT2D eigenvalue weighted by Crippen LogP contribution is -2.24. The van der Waals surface area contributed by atoms with Crippen LogP contribution in [0.15, 0.2) is 65.6 Å². The van der Waals surface area contributed by atoms with Crippen LogP contribution in [-0.2, 0) is 6.54 Å². The molecule has 1 heterocycles. The van der Waals surface area contributed by atoms with Crippen molar-refractivity contribution in [3.63, 3.8) is 0 Å². The first-order valence-corrected chi connectivity index (χ1v) is 6.53. The van der Waals surface area contributed by atoms with Crippen molar-refractivity contribution in [3.8, 4) is 0 Å². The van der Waals surface area contributed by atoms with Crippen molar-refractivity contribution in [2.45, 2.75) is 6.54 Å². The number of ketones is 1. The molecule has 0 aliphatic carbocycles. The van der Waals surface area contributed by atoms with E-state index < -0.39 is 11.6 Å². The smallest absolute Gasteiger partial charge is 0.258 e. The number of fused-ring (bicyclic) bond motifs is 1. The molecule has 1 aromatic heterocycles. The molecule has 0 spiro atoms. The van der Waals surface area contributed by atoms with Crippen molar-refractivity contribution in [2.24, 2.45) is 0 Å². The Hall–Kier alpha value is -2.75. The maximum atomic E-state index is 13.6. The monoisotopic (exact) mass is 281 g/mol. The van der Waals surface area contributed by atoms with Crippen LogP contribution >= 0.6 is 0 Å². The molecule has 0 amide bonds. The van der Waals surface area contributed by atoms with Gasteiger partial charge in [0.25, 0.3) is 5.56 Å². The number of pyridine rings is 1. The van der Waals surface area contributed by atoms with Gasteiger partial charge in [-0.15, -0.1) is 0 Å². The SMILES string of the molecule is O=C(Cn1ccc2ccccc2c1=O)c1ccccc1F. The number of hydrogen-bond donors (Lipinski definition) is 0. The molecule has 0 bridgehead atoms. The number of aromatic nitrogens is 1. The van der Waals surface area contributed by atoms with Gasteiger partial charge in [0.2, 0.25) is 0 Å². The van der Waals surface area contributed by atoms with Gasteiger partial charge in [0, 0.05) is 11.6 Å². The van der Waals surface area contributed by atoms with Gasteiger partial charge in [0.1, 0.15) is 5.82 Å². The summed E-state index contributed by atoms with van der Waals surface area (Å²) in [7, 11) is 0. The summed E-state index contributed by atoms with van der Waals surface area (Å²) < 4.78 is 14.9. The maximum absolute atomic E-state index is 13.6. The molecular formula is C17H12FNO2. The number of carbonyl (C=O) groups excluding carboxylic acids is 1. The summed E-state index contributed by atoms with van der Waals surface area (Å²) in [6.45, 7) is -0.176. The fraction of sp³-hybridized carbons (Fsp3) is 0.0588. The Morgan fingerprint density at radius 3 is 2.52 bits per heavy atom. The minimum Gasteiger partial charge on any atom is -0.307 e. The first-order valence-electron chi connectivity index (χ1n) is 6.53. The molecule has 0 radical (unpaired) electrons. The van der Waals surface area contributed by atoms with Crippen molar-refractivity contribution in [1.29, 1.82) is 0 Å². The van der Waals surface area contributed by atoms with Gasteiger partial charge in [0.05, 0.1) is 12.1 Å². The van der Waals surface area contributed by atoms with E-state index in [2.05, 4.69) is 0 Å². The molecular weight excluding hydrogens is 269 g/mol. The average molecular weight is 281 g/mol. The van der Waals surface area contributed by atoms with Crippen LogP contribution in [0.25, 0.3) is 10.8 Å². The van der Waals surface area contributed by atoms with E-state index >= 15 is 0 Å². The normalized spacial score (nSPS) is 10.7. The summed E-state index contributed by atoms with van der Waals surface area (Å²) in [5.41, 5.74) is -0.254. The molecule has 0 saturated carbocycles. The number of hydrogen-bond acceptors (Lipinski definition) is 2. The lowest BCUT2D eigenvalue weighted by atomic mass is 10.1. The summed E-state index contributed by atoms with van der Waals surface area (Å²) in [5, 5.41) is 1.36. The first kappa shape index (κ1) is 13.2. The first-order chi connectivity index (χ1) is 10.2. The largest absolute Gasteiger partial charge is 0.307 e. The summed E-state index contributed by atoms with van der Waals surface area (Å²) in [4.78, 5) is 24.4. The highest BCUT2D eigenvalue weighted by atomic mass is 19.1. The molecule has 3 rings (SSSR count). The zero-order chi connectivity index (χ0) is 14.8. The molecule has 3 nitrogen and oxygen atoms in total. The lowest BCUT2D eigenvalue weighted by molar-refractivity contribution is 0.0967. The van der Waals surface area contributed by atoms with Crippen molar-refractivity contribution >= 4 is 16.6 Å². The molecule has 3 aromatic rings. The van der Waals surface area contributed by atoms with E-state index in [0.29, 0.717) is 5.39 Å². The Morgan fingerprint density at radius 1 is 1.00 bits per heavy atom. The van der Waals surface area contributed by atoms with E-state index in [-0.39, 0.29) is 17.7 Å². The maximum Gasteiger partial charge on any atom is 0.258 e. The fourth-order valence-corrected chi connectivity index (χ4v) is 2.28. The zero-order valence-corrected chi connectivity index (χ0v) is 11.1. The van der Waals surface area contributed by atoms with Crippen LogP contribution in [0.5, 0.6) is 0 Å². The van der Waals surface area contributed by atoms with E-state index in [1.807, 2.05) is 12.1 Å². The van der Waals surface area contributed by atoms with Gasteiger partial charge in [0.15, 0.2) is 5.78 Å². The van der Waals surface area contributed by atoms with Crippen LogP contribution in [0.4, 0.5) is 4.39 Å². The minimum absolute atomic E-state index is 0.00226. The molecule has 2 aromatic carbocycles. The highest BCUT2D eigenvalue weighted by molar-refractivity contribution is 5.96. The van der Waals surface area contributed by atoms with Gasteiger partial charge in [-0.05, 0) is 29.7 Å². The third kappa shape index (κ3) is 2.48. The van der Waals surface area contributed by atoms with Crippen LogP contribution in [0.2, 0.25) is 0 Å². The van der Waals surface area contributed by atoms with Crippen molar-refractivity contribution in [1.82, 2.24) is 4.57 Å². The average Bonchev–Trinajstić information content (AvgIpc) is 2.51. The Morgan fingerprint density at radius 2 is 1.71 bits per heavy atom. The van der Waals surface area contributed by atoms with Crippen LogP contribution in [0, 0.1) is 5.82 Å². The molecule has 0 atom stereocenters. The molecule has 21 heavy (non-hydrogen) atoms. The van der Waals surface area contributed by atoms with Crippen molar-refractivity contribution in [2.75, 3.05) is 0 Å². The van der Waals surface area contributed by atoms with Gasteiger partial charge in [-0.2, -0.15) is 0 Å². The second-order valence-electron chi connectivity index (χ2n) is 4.74. The predicted molar refractivity (Wildman–Crippen MR) is 78.9 cm³/mol. The summed E-state index contributed by atoms with van der Waals surface area (Å²) in [6.07, 6.45) is 1.56. The standard InChI is InChI=1S/C17H12FNO2/c18-15-8-4-3-7-14(15)16(20)11-19-10-9-12-5-1-2-6-13(12)17(19)21/h1-10H,11H2. The minimum atomic E-state index is -0.573. The molecule has 0 unspecified atom stereocenters. The van der Waals surface area contributed by atoms with Crippen molar-refractivity contribution < 1.29 is 9.18 Å². The van der Waals surface area contributed by atoms with Crippen molar-refractivity contribution in [3.05, 3.63) is 82.5 Å². The Kier molecular flexibility index (Phi) is 3.36. The zero-order valence-electron chi connectivity index (χ0n) is 11.1. The van der Waals surface area contributed by atoms with Crippen LogP contribution in [0.3, 0.4) is 0 Å². The van der Waals surface area contributed by atoms with Crippen LogP contribution < -0.4 is 5.56 Å². The van der Waals surface area contributed by atoms with E-state index in [9.17, 15) is 14.0 Å². The number of carbonyl (C=O) groups is 1. The van der Waals surface area contributed by atoms with E-state index in [1.54, 1.807) is 30.5 Å². The third-order valence-electron chi connectivity index (χ3n) is 3.37. The Balaban J connectivity index is 1.99. The lowest BCUT2D eigenvalue weighted by Gasteiger charge is -2.07. The second kappa shape index (κ2) is 5.32. The molecule has 0 aliphatic heterocycles. The number of benzene rings is 2. The second-order valence-corrected chi connectivity index (χ2v) is 4.74. The van der Waals surface area contributed by atoms with E-state index in [1.165, 1.54) is 22.8 Å². The molecule has 0 saturated heterocycles. The molecule has 4 heteroatoms. The molecule has 0 aliphatic rings. The topological polar surface area (TPSA) is 39.1 Å². The quantitative estimate of drug-likeness (QED) is 0.692. The fourth-order valence-electron chi connectivity index (χ4n) is 2.28. The summed E-state index contributed by atoms with van der Waals surface area (Å²) >= 11 is 0. The van der Waals surface area contributed by atoms with Gasteiger partial charge in [-0.1, -0.05) is 30.3 Å². The Labute approximate surface area is 120 Å². The van der Waals surface area contributed by atoms with Gasteiger partial charge >= 0.3 is 0 Å². The highest BCUT2D eigenvalue weighted by Gasteiger charge is 2.12. The number of rotatable bonds is 3. The van der Waals surface area contributed by atoms with Gasteiger partial charge < -0.3 is 4.57 Å². The molecule has 0 fully saturated rings. The van der Waals surface area contributed by atoms with E-state index in [4.69, 9.17) is 0 Å². The van der Waals surface area contributed by atoms with Gasteiger partial charge in [-0.25, -0.2) is 4.39 Å². The number of nitrogens with zero attached hydrogens (tertiary/aromatic N) is 1.